The summed E-state index contributed by atoms with van der Waals surface area (Å²) in [6.07, 6.45) is 3.29. The van der Waals surface area contributed by atoms with Gasteiger partial charge in [-0.1, -0.05) is 30.3 Å². The van der Waals surface area contributed by atoms with Crippen molar-refractivity contribution < 1.29 is 18.3 Å². The summed E-state index contributed by atoms with van der Waals surface area (Å²) in [6.45, 7) is 0.702. The Morgan fingerprint density at radius 2 is 2.10 bits per heavy atom. The fraction of sp³-hybridized carbons (Fsp3) is 0.278. The number of nitrogens with zero attached hydrogens (tertiary/aromatic N) is 4. The van der Waals surface area contributed by atoms with Gasteiger partial charge in [-0.25, -0.2) is 9.55 Å². The number of likely N-dealkylation sites (N-methyl/N-ethyl adjacent to an activating group) is 1. The summed E-state index contributed by atoms with van der Waals surface area (Å²) in [7, 11) is -1.82. The second-order valence-electron chi connectivity index (χ2n) is 6.54. The van der Waals surface area contributed by atoms with Crippen molar-refractivity contribution in [3.05, 3.63) is 58.7 Å². The number of aromatic amines is 1. The molecule has 0 fully saturated rings. The quantitative estimate of drug-likeness (QED) is 0.423. The zero-order valence-electron chi connectivity index (χ0n) is 16.2. The summed E-state index contributed by atoms with van der Waals surface area (Å²) in [5.41, 5.74) is 6.47. The van der Waals surface area contributed by atoms with E-state index in [9.17, 15) is 9.36 Å². The standard InChI is InChI=1S/C18H21N6O5P/c1-23-8-7-14(13-5-3-2-4-6-13)29-30(23,26)28-10-9-27-12-24-11-20-15-16(24)21-18(19)22-17(15)25/h2-7,11H,8-10,12H2,1H3,(H3,19,21,22,25). The van der Waals surface area contributed by atoms with Gasteiger partial charge in [0, 0.05) is 12.1 Å². The molecule has 3 aromatic rings. The first-order chi connectivity index (χ1) is 14.5. The Balaban J connectivity index is 1.33. The first-order valence-electron chi connectivity index (χ1n) is 9.16. The highest BCUT2D eigenvalue weighted by molar-refractivity contribution is 7.51. The average Bonchev–Trinajstić information content (AvgIpc) is 3.14. The number of H-pyrrole nitrogens is 1. The first kappa shape index (κ1) is 20.3. The summed E-state index contributed by atoms with van der Waals surface area (Å²) >= 11 is 0. The van der Waals surface area contributed by atoms with E-state index < -0.39 is 13.3 Å². The molecule has 0 aliphatic carbocycles. The highest BCUT2D eigenvalue weighted by Crippen LogP contribution is 2.56. The SMILES string of the molecule is CN1CC=C(c2ccccc2)OP1(=O)OCCOCn1cnc2c(=O)[nH]c(N)nc21. The molecule has 1 aromatic carbocycles. The molecule has 0 saturated heterocycles. The minimum atomic E-state index is -3.49. The molecule has 12 heteroatoms. The van der Waals surface area contributed by atoms with Crippen LogP contribution in [0.15, 0.2) is 47.5 Å². The largest absolute Gasteiger partial charge is 0.461 e. The van der Waals surface area contributed by atoms with E-state index in [1.807, 2.05) is 36.4 Å². The lowest BCUT2D eigenvalue weighted by molar-refractivity contribution is 0.0492. The predicted octanol–water partition coefficient (Wildman–Crippen LogP) is 1.80. The number of hydrogen-bond acceptors (Lipinski definition) is 8. The summed E-state index contributed by atoms with van der Waals surface area (Å²) < 4.78 is 33.0. The van der Waals surface area contributed by atoms with Crippen LogP contribution in [-0.2, 0) is 25.1 Å². The van der Waals surface area contributed by atoms with Crippen LogP contribution in [0.3, 0.4) is 0 Å². The molecule has 2 aromatic heterocycles. The summed E-state index contributed by atoms with van der Waals surface area (Å²) in [4.78, 5) is 22.2. The maximum atomic E-state index is 13.1. The first-order valence-corrected chi connectivity index (χ1v) is 10.7. The molecule has 0 spiro atoms. The van der Waals surface area contributed by atoms with Crippen molar-refractivity contribution in [1.29, 1.82) is 0 Å². The van der Waals surface area contributed by atoms with E-state index in [0.29, 0.717) is 18.0 Å². The summed E-state index contributed by atoms with van der Waals surface area (Å²) in [5.74, 6) is 0.521. The fourth-order valence-corrected chi connectivity index (χ4v) is 4.29. The Kier molecular flexibility index (Phi) is 5.69. The van der Waals surface area contributed by atoms with Crippen LogP contribution < -0.4 is 11.3 Å². The third kappa shape index (κ3) is 4.14. The molecule has 3 heterocycles. The van der Waals surface area contributed by atoms with Gasteiger partial charge in [0.1, 0.15) is 12.5 Å². The van der Waals surface area contributed by atoms with Crippen molar-refractivity contribution in [3.63, 3.8) is 0 Å². The van der Waals surface area contributed by atoms with Gasteiger partial charge in [0.25, 0.3) is 5.56 Å². The lowest BCUT2D eigenvalue weighted by Gasteiger charge is -2.31. The number of anilines is 1. The van der Waals surface area contributed by atoms with E-state index in [4.69, 9.17) is 19.5 Å². The third-order valence-electron chi connectivity index (χ3n) is 4.44. The molecular formula is C18H21N6O5P. The third-order valence-corrected chi connectivity index (χ3v) is 6.37. The van der Waals surface area contributed by atoms with Crippen molar-refractivity contribution in [2.45, 2.75) is 6.73 Å². The van der Waals surface area contributed by atoms with Gasteiger partial charge in [-0.2, -0.15) is 9.65 Å². The number of nitrogen functional groups attached to an aromatic ring is 1. The van der Waals surface area contributed by atoms with Crippen molar-refractivity contribution >= 4 is 30.6 Å². The molecule has 0 amide bonds. The molecule has 0 bridgehead atoms. The maximum Gasteiger partial charge on any atom is 0.461 e. The van der Waals surface area contributed by atoms with Crippen LogP contribution in [0.5, 0.6) is 0 Å². The number of ether oxygens (including phenoxy) is 1. The molecule has 4 rings (SSSR count). The number of hydrogen-bond donors (Lipinski definition) is 2. The Morgan fingerprint density at radius 1 is 1.30 bits per heavy atom. The van der Waals surface area contributed by atoms with E-state index in [2.05, 4.69) is 15.0 Å². The van der Waals surface area contributed by atoms with Crippen LogP contribution in [0, 0.1) is 0 Å². The van der Waals surface area contributed by atoms with Gasteiger partial charge < -0.3 is 15.0 Å². The Morgan fingerprint density at radius 3 is 2.90 bits per heavy atom. The molecule has 0 saturated carbocycles. The Hall–Kier alpha value is -2.98. The van der Waals surface area contributed by atoms with Crippen LogP contribution in [0.4, 0.5) is 5.95 Å². The van der Waals surface area contributed by atoms with E-state index >= 15 is 0 Å². The molecule has 1 unspecified atom stereocenters. The number of aromatic nitrogens is 4. The van der Waals surface area contributed by atoms with E-state index in [1.54, 1.807) is 11.6 Å². The molecule has 30 heavy (non-hydrogen) atoms. The molecule has 1 atom stereocenters. The predicted molar refractivity (Wildman–Crippen MR) is 110 cm³/mol. The molecule has 11 nitrogen and oxygen atoms in total. The second kappa shape index (κ2) is 8.41. The normalized spacial score (nSPS) is 19.6. The molecular weight excluding hydrogens is 411 g/mol. The van der Waals surface area contributed by atoms with Crippen molar-refractivity contribution in [3.8, 4) is 0 Å². The number of rotatable bonds is 7. The number of nitrogens with two attached hydrogens (primary N) is 1. The number of nitrogens with one attached hydrogen (secondary N) is 1. The average molecular weight is 432 g/mol. The monoisotopic (exact) mass is 432 g/mol. The van der Waals surface area contributed by atoms with Crippen LogP contribution in [0.2, 0.25) is 0 Å². The van der Waals surface area contributed by atoms with Crippen molar-refractivity contribution in [1.82, 2.24) is 24.2 Å². The molecule has 3 N–H and O–H groups in total. The van der Waals surface area contributed by atoms with Gasteiger partial charge in [-0.3, -0.25) is 18.9 Å². The molecule has 1 aliphatic heterocycles. The molecule has 0 radical (unpaired) electrons. The minimum absolute atomic E-state index is 0.00422. The maximum absolute atomic E-state index is 13.1. The number of fused-ring (bicyclic) bond motifs is 1. The van der Waals surface area contributed by atoms with E-state index in [0.717, 1.165) is 5.56 Å². The lowest BCUT2D eigenvalue weighted by Crippen LogP contribution is -2.23. The topological polar surface area (TPSA) is 138 Å². The summed E-state index contributed by atoms with van der Waals surface area (Å²) in [5, 5.41) is 0. The van der Waals surface area contributed by atoms with Gasteiger partial charge in [0.05, 0.1) is 19.5 Å². The highest BCUT2D eigenvalue weighted by atomic mass is 31.2. The van der Waals surface area contributed by atoms with Crippen LogP contribution >= 0.6 is 7.75 Å². The van der Waals surface area contributed by atoms with Gasteiger partial charge >= 0.3 is 7.75 Å². The van der Waals surface area contributed by atoms with Crippen LogP contribution in [-0.4, -0.2) is 51.0 Å². The molecule has 158 valence electrons. The van der Waals surface area contributed by atoms with Crippen molar-refractivity contribution in [2.75, 3.05) is 32.5 Å². The van der Waals surface area contributed by atoms with Gasteiger partial charge in [-0.05, 0) is 13.1 Å². The van der Waals surface area contributed by atoms with E-state index in [-0.39, 0.29) is 31.4 Å². The van der Waals surface area contributed by atoms with Gasteiger partial charge in [0.2, 0.25) is 5.95 Å². The smallest absolute Gasteiger partial charge is 0.413 e. The Bertz CT molecular complexity index is 1170. The zero-order valence-corrected chi connectivity index (χ0v) is 17.1. The van der Waals surface area contributed by atoms with Gasteiger partial charge in [0.15, 0.2) is 11.2 Å². The van der Waals surface area contributed by atoms with Gasteiger partial charge in [-0.15, -0.1) is 0 Å². The second-order valence-corrected chi connectivity index (χ2v) is 8.60. The minimum Gasteiger partial charge on any atom is -0.413 e. The van der Waals surface area contributed by atoms with Crippen LogP contribution in [0.25, 0.3) is 16.9 Å². The lowest BCUT2D eigenvalue weighted by atomic mass is 10.2. The zero-order chi connectivity index (χ0) is 21.1. The highest BCUT2D eigenvalue weighted by Gasteiger charge is 2.36. The number of benzene rings is 1. The Labute approximate surface area is 171 Å². The molecule has 1 aliphatic rings. The van der Waals surface area contributed by atoms with Crippen LogP contribution in [0.1, 0.15) is 5.56 Å². The fourth-order valence-electron chi connectivity index (χ4n) is 2.88. The number of imidazole rings is 1. The van der Waals surface area contributed by atoms with E-state index in [1.165, 1.54) is 11.0 Å². The van der Waals surface area contributed by atoms with Crippen molar-refractivity contribution in [2.24, 2.45) is 0 Å². The summed E-state index contributed by atoms with van der Waals surface area (Å²) in [6, 6.07) is 9.43.